The maximum absolute atomic E-state index is 12.1. The van der Waals surface area contributed by atoms with E-state index in [-0.39, 0.29) is 18.5 Å². The SMILES string of the molecule is CNCC1CCCN(S(=O)(=O)CCOC(C)C)C1. The minimum atomic E-state index is -3.15. The molecule has 1 N–H and O–H groups in total. The van der Waals surface area contributed by atoms with Crippen LogP contribution in [-0.4, -0.2) is 57.9 Å². The molecule has 6 heteroatoms. The minimum absolute atomic E-state index is 0.0820. The van der Waals surface area contributed by atoms with Gasteiger partial charge >= 0.3 is 0 Å². The Morgan fingerprint density at radius 3 is 2.78 bits per heavy atom. The number of ether oxygens (including phenoxy) is 1. The second-order valence-corrected chi connectivity index (χ2v) is 7.25. The molecule has 0 saturated carbocycles. The van der Waals surface area contributed by atoms with Crippen LogP contribution < -0.4 is 5.32 Å². The first-order chi connectivity index (χ1) is 8.45. The van der Waals surface area contributed by atoms with E-state index >= 15 is 0 Å². The lowest BCUT2D eigenvalue weighted by Crippen LogP contribution is -2.44. The summed E-state index contributed by atoms with van der Waals surface area (Å²) in [6.07, 6.45) is 2.14. The molecule has 0 aliphatic carbocycles. The van der Waals surface area contributed by atoms with E-state index in [1.165, 1.54) is 0 Å². The number of hydrogen-bond donors (Lipinski definition) is 1. The van der Waals surface area contributed by atoms with Gasteiger partial charge in [-0.3, -0.25) is 0 Å². The molecule has 0 amide bonds. The molecule has 0 aromatic carbocycles. The molecule has 1 fully saturated rings. The maximum atomic E-state index is 12.1. The molecule has 0 spiro atoms. The molecule has 1 aliphatic rings. The van der Waals surface area contributed by atoms with Gasteiger partial charge in [0.15, 0.2) is 0 Å². The van der Waals surface area contributed by atoms with Gasteiger partial charge in [0, 0.05) is 13.1 Å². The Balaban J connectivity index is 2.45. The second kappa shape index (κ2) is 7.43. The fourth-order valence-corrected chi connectivity index (χ4v) is 3.66. The molecule has 0 aromatic heterocycles. The number of rotatable bonds is 7. The first kappa shape index (κ1) is 15.9. The molecule has 5 nitrogen and oxygen atoms in total. The highest BCUT2D eigenvalue weighted by Crippen LogP contribution is 2.18. The Kier molecular flexibility index (Phi) is 6.55. The molecule has 0 aromatic rings. The second-order valence-electron chi connectivity index (χ2n) is 5.16. The Hall–Kier alpha value is -0.170. The third-order valence-corrected chi connectivity index (χ3v) is 4.96. The van der Waals surface area contributed by atoms with Crippen LogP contribution in [0.2, 0.25) is 0 Å². The summed E-state index contributed by atoms with van der Waals surface area (Å²) in [5, 5.41) is 3.12. The van der Waals surface area contributed by atoms with Crippen molar-refractivity contribution < 1.29 is 13.2 Å². The van der Waals surface area contributed by atoms with Gasteiger partial charge in [-0.15, -0.1) is 0 Å². The normalized spacial score (nSPS) is 22.6. The summed E-state index contributed by atoms with van der Waals surface area (Å²) in [7, 11) is -1.24. The summed E-state index contributed by atoms with van der Waals surface area (Å²) in [4.78, 5) is 0. The van der Waals surface area contributed by atoms with E-state index in [1.54, 1.807) is 4.31 Å². The van der Waals surface area contributed by atoms with Gasteiger partial charge < -0.3 is 10.1 Å². The van der Waals surface area contributed by atoms with Crippen molar-refractivity contribution in [1.29, 1.82) is 0 Å². The largest absolute Gasteiger partial charge is 0.378 e. The Labute approximate surface area is 111 Å². The van der Waals surface area contributed by atoms with Gasteiger partial charge in [0.05, 0.1) is 18.5 Å². The van der Waals surface area contributed by atoms with Crippen LogP contribution in [0, 0.1) is 5.92 Å². The van der Waals surface area contributed by atoms with Crippen molar-refractivity contribution in [3.05, 3.63) is 0 Å². The Morgan fingerprint density at radius 2 is 2.17 bits per heavy atom. The molecule has 1 rings (SSSR count). The maximum Gasteiger partial charge on any atom is 0.216 e. The van der Waals surface area contributed by atoms with E-state index in [4.69, 9.17) is 4.74 Å². The first-order valence-corrected chi connectivity index (χ1v) is 8.30. The topological polar surface area (TPSA) is 58.6 Å². The van der Waals surface area contributed by atoms with E-state index < -0.39 is 10.0 Å². The van der Waals surface area contributed by atoms with Gasteiger partial charge in [0.2, 0.25) is 10.0 Å². The molecule has 108 valence electrons. The van der Waals surface area contributed by atoms with Crippen LogP contribution in [0.5, 0.6) is 0 Å². The third kappa shape index (κ3) is 5.22. The molecular formula is C12H26N2O3S. The van der Waals surface area contributed by atoms with Crippen molar-refractivity contribution in [3.63, 3.8) is 0 Å². The molecule has 0 radical (unpaired) electrons. The van der Waals surface area contributed by atoms with E-state index in [0.29, 0.717) is 19.0 Å². The zero-order valence-corrected chi connectivity index (χ0v) is 12.5. The summed E-state index contributed by atoms with van der Waals surface area (Å²) < 4.78 is 31.2. The summed E-state index contributed by atoms with van der Waals surface area (Å²) >= 11 is 0. The summed E-state index contributed by atoms with van der Waals surface area (Å²) in [6, 6.07) is 0. The predicted molar refractivity (Wildman–Crippen MR) is 73.1 cm³/mol. The van der Waals surface area contributed by atoms with Crippen LogP contribution >= 0.6 is 0 Å². The molecule has 1 saturated heterocycles. The van der Waals surface area contributed by atoms with E-state index in [1.807, 2.05) is 20.9 Å². The minimum Gasteiger partial charge on any atom is -0.378 e. The van der Waals surface area contributed by atoms with Gasteiger partial charge in [-0.2, -0.15) is 0 Å². The van der Waals surface area contributed by atoms with Crippen molar-refractivity contribution in [2.75, 3.05) is 39.0 Å². The fraction of sp³-hybridized carbons (Fsp3) is 1.00. The van der Waals surface area contributed by atoms with Crippen LogP contribution in [0.3, 0.4) is 0 Å². The van der Waals surface area contributed by atoms with Crippen LogP contribution in [0.4, 0.5) is 0 Å². The average molecular weight is 278 g/mol. The van der Waals surface area contributed by atoms with Crippen LogP contribution in [0.1, 0.15) is 26.7 Å². The summed E-state index contributed by atoms with van der Waals surface area (Å²) in [6.45, 7) is 6.30. The Morgan fingerprint density at radius 1 is 1.44 bits per heavy atom. The quantitative estimate of drug-likeness (QED) is 0.744. The third-order valence-electron chi connectivity index (χ3n) is 3.16. The van der Waals surface area contributed by atoms with Crippen LogP contribution in [0.15, 0.2) is 0 Å². The lowest BCUT2D eigenvalue weighted by atomic mass is 10.00. The van der Waals surface area contributed by atoms with Gasteiger partial charge in [0.1, 0.15) is 0 Å². The van der Waals surface area contributed by atoms with Crippen molar-refractivity contribution >= 4 is 10.0 Å². The van der Waals surface area contributed by atoms with Gasteiger partial charge in [-0.05, 0) is 46.2 Å². The molecule has 18 heavy (non-hydrogen) atoms. The van der Waals surface area contributed by atoms with Crippen LogP contribution in [0.25, 0.3) is 0 Å². The van der Waals surface area contributed by atoms with Gasteiger partial charge in [0.25, 0.3) is 0 Å². The van der Waals surface area contributed by atoms with Crippen molar-refractivity contribution in [2.45, 2.75) is 32.8 Å². The molecule has 1 aliphatic heterocycles. The van der Waals surface area contributed by atoms with E-state index in [0.717, 1.165) is 19.4 Å². The molecule has 1 atom stereocenters. The summed E-state index contributed by atoms with van der Waals surface area (Å²) in [5.41, 5.74) is 0. The lowest BCUT2D eigenvalue weighted by Gasteiger charge is -2.31. The van der Waals surface area contributed by atoms with Gasteiger partial charge in [-0.1, -0.05) is 0 Å². The number of sulfonamides is 1. The average Bonchev–Trinajstić information content (AvgIpc) is 2.29. The van der Waals surface area contributed by atoms with Crippen molar-refractivity contribution in [1.82, 2.24) is 9.62 Å². The smallest absolute Gasteiger partial charge is 0.216 e. The number of hydrogen-bond acceptors (Lipinski definition) is 4. The monoisotopic (exact) mass is 278 g/mol. The van der Waals surface area contributed by atoms with E-state index in [2.05, 4.69) is 5.32 Å². The standard InChI is InChI=1S/C12H26N2O3S/c1-11(2)17-7-8-18(15,16)14-6-4-5-12(10-14)9-13-3/h11-13H,4-10H2,1-3H3. The molecule has 1 heterocycles. The van der Waals surface area contributed by atoms with Crippen molar-refractivity contribution in [2.24, 2.45) is 5.92 Å². The van der Waals surface area contributed by atoms with Crippen molar-refractivity contribution in [3.8, 4) is 0 Å². The van der Waals surface area contributed by atoms with Crippen LogP contribution in [-0.2, 0) is 14.8 Å². The molecule has 1 unspecified atom stereocenters. The Bertz CT molecular complexity index is 328. The van der Waals surface area contributed by atoms with E-state index in [9.17, 15) is 8.42 Å². The molecular weight excluding hydrogens is 252 g/mol. The number of nitrogens with zero attached hydrogens (tertiary/aromatic N) is 1. The predicted octanol–water partition coefficient (Wildman–Crippen LogP) is 0.673. The van der Waals surface area contributed by atoms with Gasteiger partial charge in [-0.25, -0.2) is 12.7 Å². The highest BCUT2D eigenvalue weighted by molar-refractivity contribution is 7.89. The molecule has 0 bridgehead atoms. The highest BCUT2D eigenvalue weighted by Gasteiger charge is 2.28. The zero-order chi connectivity index (χ0) is 13.6. The number of piperidine rings is 1. The zero-order valence-electron chi connectivity index (χ0n) is 11.7. The highest BCUT2D eigenvalue weighted by atomic mass is 32.2. The first-order valence-electron chi connectivity index (χ1n) is 6.69. The number of nitrogens with one attached hydrogen (secondary N) is 1. The fourth-order valence-electron chi connectivity index (χ4n) is 2.25. The lowest BCUT2D eigenvalue weighted by molar-refractivity contribution is 0.0904. The summed E-state index contributed by atoms with van der Waals surface area (Å²) in [5.74, 6) is 0.529.